The molecular weight excluding hydrogens is 264 g/mol. The van der Waals surface area contributed by atoms with Gasteiger partial charge in [0.25, 0.3) is 0 Å². The molecule has 0 bridgehead atoms. The van der Waals surface area contributed by atoms with Crippen molar-refractivity contribution >= 4 is 5.91 Å². The number of benzene rings is 1. The molecular formula is C17H24N2O2. The summed E-state index contributed by atoms with van der Waals surface area (Å²) in [7, 11) is 0. The fourth-order valence-corrected chi connectivity index (χ4v) is 3.29. The zero-order valence-electron chi connectivity index (χ0n) is 12.4. The van der Waals surface area contributed by atoms with Crippen LogP contribution in [0.25, 0.3) is 0 Å². The summed E-state index contributed by atoms with van der Waals surface area (Å²) in [6, 6.07) is 10.1. The minimum Gasteiger partial charge on any atom is -0.373 e. The number of rotatable bonds is 4. The van der Waals surface area contributed by atoms with Crippen LogP contribution in [0.15, 0.2) is 30.3 Å². The Kier molecular flexibility index (Phi) is 4.88. The van der Waals surface area contributed by atoms with E-state index in [1.807, 2.05) is 18.2 Å². The van der Waals surface area contributed by atoms with Crippen molar-refractivity contribution in [3.63, 3.8) is 0 Å². The molecule has 1 aromatic rings. The molecule has 0 aromatic heterocycles. The smallest absolute Gasteiger partial charge is 0.226 e. The summed E-state index contributed by atoms with van der Waals surface area (Å²) in [4.78, 5) is 12.5. The highest BCUT2D eigenvalue weighted by atomic mass is 16.5. The summed E-state index contributed by atoms with van der Waals surface area (Å²) in [5, 5.41) is 6.47. The van der Waals surface area contributed by atoms with Crippen molar-refractivity contribution in [1.82, 2.24) is 10.6 Å². The molecule has 0 saturated carbocycles. The average molecular weight is 288 g/mol. The minimum absolute atomic E-state index is 0.0597. The Morgan fingerprint density at radius 2 is 2.14 bits per heavy atom. The van der Waals surface area contributed by atoms with E-state index in [1.165, 1.54) is 0 Å². The minimum atomic E-state index is -0.0957. The highest BCUT2D eigenvalue weighted by molar-refractivity contribution is 5.79. The summed E-state index contributed by atoms with van der Waals surface area (Å²) in [6.45, 7) is 3.61. The topological polar surface area (TPSA) is 50.4 Å². The number of nitrogens with one attached hydrogen (secondary N) is 2. The zero-order chi connectivity index (χ0) is 14.5. The molecule has 114 valence electrons. The second-order valence-corrected chi connectivity index (χ2v) is 6.05. The van der Waals surface area contributed by atoms with Crippen LogP contribution in [-0.4, -0.2) is 32.1 Å². The van der Waals surface area contributed by atoms with E-state index in [2.05, 4.69) is 22.8 Å². The molecule has 2 aliphatic rings. The van der Waals surface area contributed by atoms with Crippen LogP contribution in [0.3, 0.4) is 0 Å². The van der Waals surface area contributed by atoms with E-state index in [0.717, 1.165) is 51.1 Å². The van der Waals surface area contributed by atoms with Crippen molar-refractivity contribution in [3.8, 4) is 0 Å². The quantitative estimate of drug-likeness (QED) is 0.889. The standard InChI is InChI=1S/C17H24N2O2/c20-17(19-12-13-8-9-18-11-13)15-7-4-10-21-16(15)14-5-2-1-3-6-14/h1-3,5-6,13,15-16,18H,4,7-12H2,(H,19,20). The van der Waals surface area contributed by atoms with Gasteiger partial charge in [0.2, 0.25) is 5.91 Å². The van der Waals surface area contributed by atoms with Gasteiger partial charge in [-0.15, -0.1) is 0 Å². The van der Waals surface area contributed by atoms with E-state index in [9.17, 15) is 4.79 Å². The molecule has 2 fully saturated rings. The number of hydrogen-bond acceptors (Lipinski definition) is 3. The van der Waals surface area contributed by atoms with Crippen LogP contribution < -0.4 is 10.6 Å². The van der Waals surface area contributed by atoms with Crippen molar-refractivity contribution in [2.75, 3.05) is 26.2 Å². The van der Waals surface area contributed by atoms with E-state index in [-0.39, 0.29) is 17.9 Å². The Hall–Kier alpha value is -1.39. The molecule has 4 heteroatoms. The second kappa shape index (κ2) is 7.05. The van der Waals surface area contributed by atoms with Gasteiger partial charge >= 0.3 is 0 Å². The maximum Gasteiger partial charge on any atom is 0.226 e. The van der Waals surface area contributed by atoms with Gasteiger partial charge in [-0.25, -0.2) is 0 Å². The Morgan fingerprint density at radius 3 is 2.90 bits per heavy atom. The van der Waals surface area contributed by atoms with Crippen molar-refractivity contribution < 1.29 is 9.53 Å². The van der Waals surface area contributed by atoms with Crippen LogP contribution >= 0.6 is 0 Å². The third kappa shape index (κ3) is 3.63. The fraction of sp³-hybridized carbons (Fsp3) is 0.588. The summed E-state index contributed by atoms with van der Waals surface area (Å²) < 4.78 is 5.90. The molecule has 4 nitrogen and oxygen atoms in total. The predicted octanol–water partition coefficient (Wildman–Crippen LogP) is 1.88. The predicted molar refractivity (Wildman–Crippen MR) is 81.8 cm³/mol. The molecule has 0 spiro atoms. The first-order valence-electron chi connectivity index (χ1n) is 7.99. The molecule has 0 aliphatic carbocycles. The summed E-state index contributed by atoms with van der Waals surface area (Å²) >= 11 is 0. The number of carbonyl (C=O) groups excluding carboxylic acids is 1. The number of ether oxygens (including phenoxy) is 1. The van der Waals surface area contributed by atoms with E-state index in [0.29, 0.717) is 5.92 Å². The Labute approximate surface area is 126 Å². The second-order valence-electron chi connectivity index (χ2n) is 6.05. The lowest BCUT2D eigenvalue weighted by atomic mass is 9.88. The Balaban J connectivity index is 1.61. The number of carbonyl (C=O) groups is 1. The van der Waals surface area contributed by atoms with E-state index >= 15 is 0 Å². The first-order valence-corrected chi connectivity index (χ1v) is 7.99. The monoisotopic (exact) mass is 288 g/mol. The molecule has 3 atom stereocenters. The average Bonchev–Trinajstić information content (AvgIpc) is 3.07. The Morgan fingerprint density at radius 1 is 1.29 bits per heavy atom. The van der Waals surface area contributed by atoms with Crippen LogP contribution in [-0.2, 0) is 9.53 Å². The molecule has 1 aromatic carbocycles. The first kappa shape index (κ1) is 14.5. The van der Waals surface area contributed by atoms with Gasteiger partial charge in [-0.05, 0) is 43.8 Å². The maximum atomic E-state index is 12.5. The highest BCUT2D eigenvalue weighted by Gasteiger charge is 2.33. The van der Waals surface area contributed by atoms with Gasteiger partial charge in [0.1, 0.15) is 0 Å². The molecule has 1 amide bonds. The molecule has 2 saturated heterocycles. The number of amides is 1. The van der Waals surface area contributed by atoms with Crippen molar-refractivity contribution in [2.24, 2.45) is 11.8 Å². The van der Waals surface area contributed by atoms with Gasteiger partial charge in [-0.2, -0.15) is 0 Å². The molecule has 2 heterocycles. The summed E-state index contributed by atoms with van der Waals surface area (Å²) in [5.74, 6) is 0.666. The molecule has 3 unspecified atom stereocenters. The lowest BCUT2D eigenvalue weighted by Crippen LogP contribution is -2.39. The number of hydrogen-bond donors (Lipinski definition) is 2. The fourth-order valence-electron chi connectivity index (χ4n) is 3.29. The SMILES string of the molecule is O=C(NCC1CCNC1)C1CCCOC1c1ccccc1. The van der Waals surface area contributed by atoms with Crippen molar-refractivity contribution in [2.45, 2.75) is 25.4 Å². The third-order valence-corrected chi connectivity index (χ3v) is 4.51. The lowest BCUT2D eigenvalue weighted by Gasteiger charge is -2.31. The molecule has 3 rings (SSSR count). The molecule has 21 heavy (non-hydrogen) atoms. The van der Waals surface area contributed by atoms with Crippen molar-refractivity contribution in [1.29, 1.82) is 0 Å². The molecule has 2 N–H and O–H groups in total. The van der Waals surface area contributed by atoms with Gasteiger partial charge in [-0.1, -0.05) is 30.3 Å². The van der Waals surface area contributed by atoms with Gasteiger partial charge in [0, 0.05) is 13.2 Å². The molecule has 0 radical (unpaired) electrons. The third-order valence-electron chi connectivity index (χ3n) is 4.51. The summed E-state index contributed by atoms with van der Waals surface area (Å²) in [6.07, 6.45) is 2.94. The normalized spacial score (nSPS) is 29.2. The van der Waals surface area contributed by atoms with Gasteiger partial charge in [0.05, 0.1) is 12.0 Å². The highest BCUT2D eigenvalue weighted by Crippen LogP contribution is 2.33. The zero-order valence-corrected chi connectivity index (χ0v) is 12.4. The van der Waals surface area contributed by atoms with E-state index in [4.69, 9.17) is 4.74 Å². The summed E-state index contributed by atoms with van der Waals surface area (Å²) in [5.41, 5.74) is 1.11. The van der Waals surface area contributed by atoms with E-state index in [1.54, 1.807) is 0 Å². The largest absolute Gasteiger partial charge is 0.373 e. The van der Waals surface area contributed by atoms with Gasteiger partial charge < -0.3 is 15.4 Å². The van der Waals surface area contributed by atoms with Crippen molar-refractivity contribution in [3.05, 3.63) is 35.9 Å². The lowest BCUT2D eigenvalue weighted by molar-refractivity contribution is -0.134. The van der Waals surface area contributed by atoms with Crippen LogP contribution in [0.5, 0.6) is 0 Å². The van der Waals surface area contributed by atoms with Crippen LogP contribution in [0.4, 0.5) is 0 Å². The van der Waals surface area contributed by atoms with Crippen LogP contribution in [0, 0.1) is 11.8 Å². The maximum absolute atomic E-state index is 12.5. The van der Waals surface area contributed by atoms with Crippen LogP contribution in [0.1, 0.15) is 30.9 Å². The van der Waals surface area contributed by atoms with E-state index < -0.39 is 0 Å². The van der Waals surface area contributed by atoms with Gasteiger partial charge in [-0.3, -0.25) is 4.79 Å². The van der Waals surface area contributed by atoms with Crippen LogP contribution in [0.2, 0.25) is 0 Å². The molecule has 2 aliphatic heterocycles. The first-order chi connectivity index (χ1) is 10.3. The van der Waals surface area contributed by atoms with Gasteiger partial charge in [0.15, 0.2) is 0 Å². The Bertz CT molecular complexity index is 457.